The molecular formula is C19H20N2O3. The van der Waals surface area contributed by atoms with Gasteiger partial charge < -0.3 is 14.5 Å². The Hall–Kier alpha value is -2.82. The predicted octanol–water partition coefficient (Wildman–Crippen LogP) is 3.68. The minimum absolute atomic E-state index is 0.119. The Morgan fingerprint density at radius 1 is 1.25 bits per heavy atom. The fraction of sp³-hybridized carbons (Fsp3) is 0.263. The Bertz CT molecular complexity index is 823. The minimum atomic E-state index is -0.291. The number of carbonyl (C=O) groups is 1. The zero-order valence-electron chi connectivity index (χ0n) is 13.8. The van der Waals surface area contributed by atoms with Gasteiger partial charge in [0.15, 0.2) is 6.20 Å². The summed E-state index contributed by atoms with van der Waals surface area (Å²) in [6, 6.07) is 14.3. The molecule has 124 valence electrons. The van der Waals surface area contributed by atoms with Crippen molar-refractivity contribution >= 4 is 16.9 Å². The molecule has 5 heteroatoms. The number of nitrogens with zero attached hydrogens (tertiary/aromatic N) is 2. The molecule has 0 spiro atoms. The monoisotopic (exact) mass is 324 g/mol. The van der Waals surface area contributed by atoms with Crippen molar-refractivity contribution in [3.05, 3.63) is 71.4 Å². The number of hydrogen-bond donors (Lipinski definition) is 0. The van der Waals surface area contributed by atoms with Crippen LogP contribution < -0.4 is 4.73 Å². The van der Waals surface area contributed by atoms with E-state index in [2.05, 4.69) is 0 Å². The van der Waals surface area contributed by atoms with Gasteiger partial charge in [-0.15, -0.1) is 0 Å². The summed E-state index contributed by atoms with van der Waals surface area (Å²) >= 11 is 0. The van der Waals surface area contributed by atoms with E-state index in [9.17, 15) is 10.0 Å². The van der Waals surface area contributed by atoms with Crippen LogP contribution in [0.3, 0.4) is 0 Å². The Kier molecular flexibility index (Phi) is 4.51. The molecule has 2 aromatic heterocycles. The number of carbonyl (C=O) groups excluding carboxylic acids is 1. The average Bonchev–Trinajstić information content (AvgIpc) is 3.03. The van der Waals surface area contributed by atoms with Crippen LogP contribution in [0, 0.1) is 5.21 Å². The van der Waals surface area contributed by atoms with Crippen molar-refractivity contribution in [2.24, 2.45) is 0 Å². The first kappa shape index (κ1) is 16.1. The van der Waals surface area contributed by atoms with Crippen LogP contribution in [0.15, 0.2) is 59.1 Å². The van der Waals surface area contributed by atoms with Crippen molar-refractivity contribution in [3.8, 4) is 0 Å². The second-order valence-corrected chi connectivity index (χ2v) is 5.77. The molecule has 1 atom stereocenters. The summed E-state index contributed by atoms with van der Waals surface area (Å²) in [4.78, 5) is 14.5. The van der Waals surface area contributed by atoms with Crippen LogP contribution in [0.4, 0.5) is 0 Å². The molecule has 0 saturated carbocycles. The number of benzene rings is 1. The summed E-state index contributed by atoms with van der Waals surface area (Å²) in [6.07, 6.45) is 2.13. The van der Waals surface area contributed by atoms with Gasteiger partial charge in [0.25, 0.3) is 5.69 Å². The molecule has 0 fully saturated rings. The standard InChI is InChI=1S/C19H20N2O3/c1-3-11-20(19(22)16-9-6-7-12-21(16)23)14(2)18-13-15-8-4-5-10-17(15)24-18/h4-10,12-14H,3,11H2,1-2H3. The van der Waals surface area contributed by atoms with Gasteiger partial charge in [-0.2, -0.15) is 4.73 Å². The smallest absolute Gasteiger partial charge is 0.320 e. The Labute approximate surface area is 140 Å². The zero-order valence-corrected chi connectivity index (χ0v) is 13.8. The van der Waals surface area contributed by atoms with Gasteiger partial charge in [0.2, 0.25) is 0 Å². The second-order valence-electron chi connectivity index (χ2n) is 5.77. The molecule has 1 amide bonds. The van der Waals surface area contributed by atoms with E-state index in [1.165, 1.54) is 6.20 Å². The Morgan fingerprint density at radius 3 is 2.71 bits per heavy atom. The van der Waals surface area contributed by atoms with Gasteiger partial charge in [-0.25, -0.2) is 0 Å². The van der Waals surface area contributed by atoms with Crippen LogP contribution in [0.5, 0.6) is 0 Å². The fourth-order valence-corrected chi connectivity index (χ4v) is 2.81. The highest BCUT2D eigenvalue weighted by Gasteiger charge is 2.28. The fourth-order valence-electron chi connectivity index (χ4n) is 2.81. The van der Waals surface area contributed by atoms with E-state index in [0.717, 1.165) is 17.4 Å². The lowest BCUT2D eigenvalue weighted by atomic mass is 10.1. The molecule has 3 rings (SSSR count). The van der Waals surface area contributed by atoms with Gasteiger partial charge in [0, 0.05) is 24.1 Å². The van der Waals surface area contributed by atoms with Crippen molar-refractivity contribution in [2.45, 2.75) is 26.3 Å². The third-order valence-electron chi connectivity index (χ3n) is 4.09. The third-order valence-corrected chi connectivity index (χ3v) is 4.09. The van der Waals surface area contributed by atoms with E-state index >= 15 is 0 Å². The molecular weight excluding hydrogens is 304 g/mol. The molecule has 1 aromatic carbocycles. The number of aromatic nitrogens is 1. The predicted molar refractivity (Wildman–Crippen MR) is 91.4 cm³/mol. The molecule has 24 heavy (non-hydrogen) atoms. The van der Waals surface area contributed by atoms with Crippen molar-refractivity contribution in [1.82, 2.24) is 4.90 Å². The molecule has 0 aliphatic carbocycles. The third kappa shape index (κ3) is 2.97. The molecule has 1 unspecified atom stereocenters. The van der Waals surface area contributed by atoms with E-state index < -0.39 is 0 Å². The molecule has 5 nitrogen and oxygen atoms in total. The van der Waals surface area contributed by atoms with Crippen LogP contribution in [0.1, 0.15) is 42.6 Å². The number of rotatable bonds is 5. The first-order valence-corrected chi connectivity index (χ1v) is 8.09. The van der Waals surface area contributed by atoms with Gasteiger partial charge in [0.05, 0.1) is 6.04 Å². The van der Waals surface area contributed by atoms with E-state index in [-0.39, 0.29) is 17.6 Å². The van der Waals surface area contributed by atoms with Crippen molar-refractivity contribution in [1.29, 1.82) is 0 Å². The lowest BCUT2D eigenvalue weighted by Crippen LogP contribution is -2.42. The summed E-state index contributed by atoms with van der Waals surface area (Å²) in [7, 11) is 0. The van der Waals surface area contributed by atoms with Gasteiger partial charge >= 0.3 is 5.91 Å². The summed E-state index contributed by atoms with van der Waals surface area (Å²) in [5.41, 5.74) is 0.913. The average molecular weight is 324 g/mol. The van der Waals surface area contributed by atoms with E-state index in [1.54, 1.807) is 23.1 Å². The van der Waals surface area contributed by atoms with Gasteiger partial charge in [-0.3, -0.25) is 4.79 Å². The Morgan fingerprint density at radius 2 is 2.00 bits per heavy atom. The van der Waals surface area contributed by atoms with E-state index in [4.69, 9.17) is 4.42 Å². The van der Waals surface area contributed by atoms with Gasteiger partial charge in [-0.1, -0.05) is 25.1 Å². The van der Waals surface area contributed by atoms with Gasteiger partial charge in [-0.05, 0) is 31.5 Å². The van der Waals surface area contributed by atoms with Crippen LogP contribution in [-0.2, 0) is 0 Å². The maximum absolute atomic E-state index is 12.8. The van der Waals surface area contributed by atoms with E-state index in [1.807, 2.05) is 44.2 Å². The molecule has 0 bridgehead atoms. The summed E-state index contributed by atoms with van der Waals surface area (Å²) < 4.78 is 6.50. The normalized spacial score (nSPS) is 12.2. The topological polar surface area (TPSA) is 60.4 Å². The van der Waals surface area contributed by atoms with Crippen LogP contribution in [0.25, 0.3) is 11.0 Å². The van der Waals surface area contributed by atoms with Crippen molar-refractivity contribution in [3.63, 3.8) is 0 Å². The van der Waals surface area contributed by atoms with E-state index in [0.29, 0.717) is 17.0 Å². The molecule has 0 aliphatic rings. The SMILES string of the molecule is CCCN(C(=O)c1cccc[n+]1[O-])C(C)c1cc2ccccc2o1. The van der Waals surface area contributed by atoms with Crippen molar-refractivity contribution < 1.29 is 13.9 Å². The maximum atomic E-state index is 12.8. The second kappa shape index (κ2) is 6.74. The molecule has 0 radical (unpaired) electrons. The number of furan rings is 1. The van der Waals surface area contributed by atoms with Crippen LogP contribution >= 0.6 is 0 Å². The molecule has 0 N–H and O–H groups in total. The molecule has 3 aromatic rings. The first-order chi connectivity index (χ1) is 11.6. The van der Waals surface area contributed by atoms with Crippen LogP contribution in [-0.4, -0.2) is 17.4 Å². The number of fused-ring (bicyclic) bond motifs is 1. The zero-order chi connectivity index (χ0) is 17.1. The van der Waals surface area contributed by atoms with Gasteiger partial charge in [0.1, 0.15) is 11.3 Å². The number of hydrogen-bond acceptors (Lipinski definition) is 3. The lowest BCUT2D eigenvalue weighted by molar-refractivity contribution is -0.608. The lowest BCUT2D eigenvalue weighted by Gasteiger charge is -2.26. The number of para-hydroxylation sites is 1. The minimum Gasteiger partial charge on any atom is -0.618 e. The van der Waals surface area contributed by atoms with Crippen LogP contribution in [0.2, 0.25) is 0 Å². The summed E-state index contributed by atoms with van der Waals surface area (Å²) in [5, 5.41) is 12.9. The Balaban J connectivity index is 1.94. The highest BCUT2D eigenvalue weighted by Crippen LogP contribution is 2.28. The highest BCUT2D eigenvalue weighted by molar-refractivity contribution is 5.91. The maximum Gasteiger partial charge on any atom is 0.320 e. The summed E-state index contributed by atoms with van der Waals surface area (Å²) in [6.45, 7) is 4.47. The highest BCUT2D eigenvalue weighted by atomic mass is 16.5. The van der Waals surface area contributed by atoms with Crippen molar-refractivity contribution in [2.75, 3.05) is 6.54 Å². The molecule has 2 heterocycles. The summed E-state index contributed by atoms with van der Waals surface area (Å²) in [5.74, 6) is 0.423. The quantitative estimate of drug-likeness (QED) is 0.531. The molecule has 0 aliphatic heterocycles. The number of pyridine rings is 1. The largest absolute Gasteiger partial charge is 0.618 e. The molecule has 0 saturated heterocycles. The number of amides is 1. The first-order valence-electron chi connectivity index (χ1n) is 8.09.